The molecule has 0 saturated heterocycles. The minimum absolute atomic E-state index is 0.269. The van der Waals surface area contributed by atoms with Gasteiger partial charge in [0.1, 0.15) is 5.82 Å². The Kier molecular flexibility index (Phi) is 7.50. The molecule has 0 radical (unpaired) electrons. The van der Waals surface area contributed by atoms with Crippen molar-refractivity contribution in [3.8, 4) is 0 Å². The van der Waals surface area contributed by atoms with Crippen LogP contribution in [0.2, 0.25) is 0 Å². The van der Waals surface area contributed by atoms with E-state index in [1.807, 2.05) is 31.2 Å². The first-order valence-electron chi connectivity index (χ1n) is 10.5. The van der Waals surface area contributed by atoms with Gasteiger partial charge < -0.3 is 15.6 Å². The lowest BCUT2D eigenvalue weighted by molar-refractivity contribution is -0.139. The van der Waals surface area contributed by atoms with Crippen LogP contribution in [0.25, 0.3) is 11.0 Å². The number of amides is 2. The van der Waals surface area contributed by atoms with E-state index in [0.717, 1.165) is 29.0 Å². The second kappa shape index (κ2) is 10.3. The largest absolute Gasteiger partial charge is 0.416 e. The highest BCUT2D eigenvalue weighted by Crippen LogP contribution is 2.31. The fourth-order valence-electron chi connectivity index (χ4n) is 3.43. The summed E-state index contributed by atoms with van der Waals surface area (Å²) in [6.07, 6.45) is -2.27. The molecule has 6 nitrogen and oxygen atoms in total. The Hall–Kier alpha value is -3.36. The van der Waals surface area contributed by atoms with Crippen LogP contribution in [0, 0.1) is 0 Å². The van der Waals surface area contributed by atoms with E-state index >= 15 is 0 Å². The average molecular weight is 446 g/mol. The molecule has 32 heavy (non-hydrogen) atoms. The van der Waals surface area contributed by atoms with Gasteiger partial charge in [-0.2, -0.15) is 13.2 Å². The summed E-state index contributed by atoms with van der Waals surface area (Å²) < 4.78 is 39.0. The highest BCUT2D eigenvalue weighted by atomic mass is 19.4. The predicted octanol–water partition coefficient (Wildman–Crippen LogP) is 4.29. The van der Waals surface area contributed by atoms with Crippen LogP contribution in [0.15, 0.2) is 48.5 Å². The molecule has 1 atom stereocenters. The van der Waals surface area contributed by atoms with E-state index in [-0.39, 0.29) is 6.54 Å². The summed E-state index contributed by atoms with van der Waals surface area (Å²) >= 11 is 0. The summed E-state index contributed by atoms with van der Waals surface area (Å²) in [6.45, 7) is 2.12. The highest BCUT2D eigenvalue weighted by Gasteiger charge is 2.31. The molecule has 0 aliphatic rings. The zero-order valence-corrected chi connectivity index (χ0v) is 17.6. The van der Waals surface area contributed by atoms with Crippen LogP contribution in [0.4, 0.5) is 13.2 Å². The Balaban J connectivity index is 1.52. The molecule has 0 bridgehead atoms. The van der Waals surface area contributed by atoms with Gasteiger partial charge in [-0.1, -0.05) is 37.6 Å². The Bertz CT molecular complexity index is 1050. The SMILES string of the molecule is CCCC(NC(=O)C(=O)NCCCc1nc2ccccc2[nH]1)c1cccc(C(F)(F)F)c1. The Morgan fingerprint density at radius 1 is 1.09 bits per heavy atom. The summed E-state index contributed by atoms with van der Waals surface area (Å²) in [4.78, 5) is 32.1. The van der Waals surface area contributed by atoms with E-state index in [2.05, 4.69) is 20.6 Å². The average Bonchev–Trinajstić information content (AvgIpc) is 3.18. The third-order valence-corrected chi connectivity index (χ3v) is 5.02. The molecule has 1 heterocycles. The standard InChI is InChI=1S/C23H25F3N4O2/c1-2-7-17(15-8-5-9-16(14-15)23(24,25)26)30-22(32)21(31)27-13-6-12-20-28-18-10-3-4-11-19(18)29-20/h3-5,8-11,14,17H,2,6-7,12-13H2,1H3,(H,27,31)(H,28,29)(H,30,32). The van der Waals surface area contributed by atoms with Crippen LogP contribution in [0.3, 0.4) is 0 Å². The number of carbonyl (C=O) groups excluding carboxylic acids is 2. The molecule has 0 fully saturated rings. The summed E-state index contributed by atoms with van der Waals surface area (Å²) in [5, 5.41) is 5.10. The lowest BCUT2D eigenvalue weighted by atomic mass is 10.00. The minimum atomic E-state index is -4.48. The molecule has 3 rings (SSSR count). The molecule has 170 valence electrons. The number of para-hydroxylation sites is 2. The zero-order valence-electron chi connectivity index (χ0n) is 17.6. The van der Waals surface area contributed by atoms with Gasteiger partial charge in [-0.05, 0) is 42.7 Å². The van der Waals surface area contributed by atoms with Crippen LogP contribution >= 0.6 is 0 Å². The number of aromatic nitrogens is 2. The van der Waals surface area contributed by atoms with Crippen molar-refractivity contribution >= 4 is 22.8 Å². The van der Waals surface area contributed by atoms with E-state index in [4.69, 9.17) is 0 Å². The molecule has 1 unspecified atom stereocenters. The molecule has 3 N–H and O–H groups in total. The van der Waals surface area contributed by atoms with Gasteiger partial charge in [-0.15, -0.1) is 0 Å². The third-order valence-electron chi connectivity index (χ3n) is 5.02. The third kappa shape index (κ3) is 6.09. The van der Waals surface area contributed by atoms with E-state index in [0.29, 0.717) is 31.2 Å². The number of hydrogen-bond donors (Lipinski definition) is 3. The number of imidazole rings is 1. The monoisotopic (exact) mass is 446 g/mol. The molecule has 3 aromatic rings. The number of nitrogens with one attached hydrogen (secondary N) is 3. The van der Waals surface area contributed by atoms with Gasteiger partial charge in [0.25, 0.3) is 0 Å². The summed E-state index contributed by atoms with van der Waals surface area (Å²) in [5.41, 5.74) is 1.32. The number of nitrogens with zero attached hydrogens (tertiary/aromatic N) is 1. The van der Waals surface area contributed by atoms with Crippen molar-refractivity contribution in [3.63, 3.8) is 0 Å². The van der Waals surface area contributed by atoms with Crippen LogP contribution in [0.1, 0.15) is 49.2 Å². The molecule has 0 aliphatic heterocycles. The number of H-pyrrole nitrogens is 1. The van der Waals surface area contributed by atoms with Crippen molar-refractivity contribution in [2.75, 3.05) is 6.54 Å². The maximum Gasteiger partial charge on any atom is 0.416 e. The number of hydrogen-bond acceptors (Lipinski definition) is 3. The van der Waals surface area contributed by atoms with Gasteiger partial charge in [0.2, 0.25) is 0 Å². The number of aromatic amines is 1. The van der Waals surface area contributed by atoms with E-state index in [1.165, 1.54) is 12.1 Å². The minimum Gasteiger partial charge on any atom is -0.348 e. The number of halogens is 3. The highest BCUT2D eigenvalue weighted by molar-refractivity contribution is 6.35. The second-order valence-electron chi connectivity index (χ2n) is 7.50. The quantitative estimate of drug-likeness (QED) is 0.356. The molecule has 1 aromatic heterocycles. The van der Waals surface area contributed by atoms with Gasteiger partial charge in [-0.3, -0.25) is 9.59 Å². The molecular weight excluding hydrogens is 421 g/mol. The van der Waals surface area contributed by atoms with Crippen molar-refractivity contribution in [3.05, 3.63) is 65.5 Å². The lowest BCUT2D eigenvalue weighted by Crippen LogP contribution is -2.42. The number of alkyl halides is 3. The second-order valence-corrected chi connectivity index (χ2v) is 7.50. The van der Waals surface area contributed by atoms with Crippen LogP contribution in [-0.2, 0) is 22.2 Å². The predicted molar refractivity (Wildman–Crippen MR) is 115 cm³/mol. The van der Waals surface area contributed by atoms with Crippen molar-refractivity contribution in [1.29, 1.82) is 0 Å². The Morgan fingerprint density at radius 2 is 1.88 bits per heavy atom. The zero-order chi connectivity index (χ0) is 23.1. The smallest absolute Gasteiger partial charge is 0.348 e. The molecule has 2 aromatic carbocycles. The first-order chi connectivity index (χ1) is 15.3. The van der Waals surface area contributed by atoms with Crippen molar-refractivity contribution < 1.29 is 22.8 Å². The number of carbonyl (C=O) groups is 2. The fraction of sp³-hybridized carbons (Fsp3) is 0.348. The molecular formula is C23H25F3N4O2. The summed E-state index contributed by atoms with van der Waals surface area (Å²) in [5.74, 6) is -0.898. The molecule has 0 aliphatic carbocycles. The van der Waals surface area contributed by atoms with Crippen LogP contribution < -0.4 is 10.6 Å². The lowest BCUT2D eigenvalue weighted by Gasteiger charge is -2.19. The maximum absolute atomic E-state index is 13.0. The Morgan fingerprint density at radius 3 is 2.59 bits per heavy atom. The van der Waals surface area contributed by atoms with Crippen molar-refractivity contribution in [2.45, 2.75) is 44.8 Å². The van der Waals surface area contributed by atoms with Gasteiger partial charge in [0.15, 0.2) is 0 Å². The van der Waals surface area contributed by atoms with E-state index in [1.54, 1.807) is 0 Å². The van der Waals surface area contributed by atoms with Crippen LogP contribution in [-0.4, -0.2) is 28.3 Å². The van der Waals surface area contributed by atoms with Crippen molar-refractivity contribution in [2.24, 2.45) is 0 Å². The molecule has 9 heteroatoms. The summed E-state index contributed by atoms with van der Waals surface area (Å²) in [6, 6.07) is 11.7. The van der Waals surface area contributed by atoms with Gasteiger partial charge in [0.05, 0.1) is 22.6 Å². The topological polar surface area (TPSA) is 86.9 Å². The Labute approximate surface area is 183 Å². The number of rotatable bonds is 8. The van der Waals surface area contributed by atoms with E-state index < -0.39 is 29.6 Å². The first kappa shape index (κ1) is 23.3. The van der Waals surface area contributed by atoms with Gasteiger partial charge in [-0.25, -0.2) is 4.98 Å². The maximum atomic E-state index is 13.0. The first-order valence-corrected chi connectivity index (χ1v) is 10.5. The van der Waals surface area contributed by atoms with Crippen LogP contribution in [0.5, 0.6) is 0 Å². The number of fused-ring (bicyclic) bond motifs is 1. The van der Waals surface area contributed by atoms with E-state index in [9.17, 15) is 22.8 Å². The number of benzene rings is 2. The van der Waals surface area contributed by atoms with Crippen molar-refractivity contribution in [1.82, 2.24) is 20.6 Å². The summed E-state index contributed by atoms with van der Waals surface area (Å²) in [7, 11) is 0. The molecule has 0 saturated carbocycles. The number of aryl methyl sites for hydroxylation is 1. The molecule has 0 spiro atoms. The molecule has 2 amide bonds. The fourth-order valence-corrected chi connectivity index (χ4v) is 3.43. The van der Waals surface area contributed by atoms with Gasteiger partial charge in [0, 0.05) is 13.0 Å². The van der Waals surface area contributed by atoms with Gasteiger partial charge >= 0.3 is 18.0 Å². The normalized spacial score (nSPS) is 12.5.